The largest absolute Gasteiger partial charge is 0.319 e. The maximum atomic E-state index is 12.4. The summed E-state index contributed by atoms with van der Waals surface area (Å²) in [4.78, 5) is 24.9. The first-order valence-corrected chi connectivity index (χ1v) is 8.27. The van der Waals surface area contributed by atoms with Crippen LogP contribution in [0.2, 0.25) is 0 Å². The fraction of sp³-hybridized carbons (Fsp3) is 0.316. The molecular formula is C19H23N3O3. The van der Waals surface area contributed by atoms with Crippen LogP contribution < -0.4 is 5.32 Å². The predicted octanol–water partition coefficient (Wildman–Crippen LogP) is 3.49. The van der Waals surface area contributed by atoms with Gasteiger partial charge in [0.2, 0.25) is 5.91 Å². The predicted molar refractivity (Wildman–Crippen MR) is 98.6 cm³/mol. The molecule has 1 N–H and O–H groups in total. The number of benzene rings is 2. The lowest BCUT2D eigenvalue weighted by Crippen LogP contribution is -2.40. The zero-order valence-corrected chi connectivity index (χ0v) is 14.5. The number of nitrogens with one attached hydrogen (secondary N) is 1. The molecule has 6 heteroatoms. The Bertz CT molecular complexity index is 719. The summed E-state index contributed by atoms with van der Waals surface area (Å²) in [6.45, 7) is 2.56. The molecule has 25 heavy (non-hydrogen) atoms. The number of carbonyl (C=O) groups excluding carboxylic acids is 1. The molecule has 0 heterocycles. The summed E-state index contributed by atoms with van der Waals surface area (Å²) >= 11 is 0. The molecule has 6 nitrogen and oxygen atoms in total. The minimum atomic E-state index is -0.496. The average Bonchev–Trinajstić information content (AvgIpc) is 2.62. The number of likely N-dealkylation sites (N-methyl/N-ethyl adjacent to an activating group) is 1. The standard InChI is InChI=1S/C19H23N3O3/c1-15(21(2)14-8-11-16-9-4-3-5-10-16)19(23)20-17-12-6-7-13-18(17)22(24)25/h3-7,9-10,12-13,15H,8,11,14H2,1-2H3,(H,20,23)/t15-/m1/s1. The molecule has 0 fully saturated rings. The van der Waals surface area contributed by atoms with E-state index in [4.69, 9.17) is 0 Å². The molecule has 1 amide bonds. The van der Waals surface area contributed by atoms with E-state index in [9.17, 15) is 14.9 Å². The van der Waals surface area contributed by atoms with Gasteiger partial charge in [-0.05, 0) is 45.0 Å². The van der Waals surface area contributed by atoms with Crippen LogP contribution in [0.5, 0.6) is 0 Å². The molecule has 0 aliphatic carbocycles. The second-order valence-electron chi connectivity index (χ2n) is 6.01. The molecule has 2 rings (SSSR count). The van der Waals surface area contributed by atoms with Crippen molar-refractivity contribution in [2.45, 2.75) is 25.8 Å². The molecule has 0 bridgehead atoms. The highest BCUT2D eigenvalue weighted by Crippen LogP contribution is 2.23. The lowest BCUT2D eigenvalue weighted by atomic mass is 10.1. The van der Waals surface area contributed by atoms with Gasteiger partial charge in [-0.2, -0.15) is 0 Å². The lowest BCUT2D eigenvalue weighted by Gasteiger charge is -2.23. The maximum absolute atomic E-state index is 12.4. The van der Waals surface area contributed by atoms with Gasteiger partial charge < -0.3 is 5.32 Å². The highest BCUT2D eigenvalue weighted by molar-refractivity contribution is 5.96. The third kappa shape index (κ3) is 5.39. The zero-order valence-electron chi connectivity index (χ0n) is 14.5. The Hall–Kier alpha value is -2.73. The summed E-state index contributed by atoms with van der Waals surface area (Å²) in [6, 6.07) is 16.0. The Kier molecular flexibility index (Phi) is 6.65. The van der Waals surface area contributed by atoms with Gasteiger partial charge in [-0.25, -0.2) is 0 Å². The monoisotopic (exact) mass is 341 g/mol. The molecule has 0 saturated heterocycles. The Morgan fingerprint density at radius 3 is 2.48 bits per heavy atom. The second-order valence-corrected chi connectivity index (χ2v) is 6.01. The van der Waals surface area contributed by atoms with Crippen molar-refractivity contribution in [3.05, 3.63) is 70.3 Å². The highest BCUT2D eigenvalue weighted by atomic mass is 16.6. The van der Waals surface area contributed by atoms with E-state index in [-0.39, 0.29) is 23.3 Å². The number of carbonyl (C=O) groups is 1. The molecule has 0 aromatic heterocycles. The van der Waals surface area contributed by atoms with Crippen LogP contribution in [0.25, 0.3) is 0 Å². The van der Waals surface area contributed by atoms with E-state index in [1.165, 1.54) is 17.7 Å². The van der Waals surface area contributed by atoms with Crippen molar-refractivity contribution in [2.75, 3.05) is 18.9 Å². The molecule has 1 atom stereocenters. The quantitative estimate of drug-likeness (QED) is 0.589. The van der Waals surface area contributed by atoms with Crippen LogP contribution in [0.4, 0.5) is 11.4 Å². The molecule has 2 aromatic carbocycles. The van der Waals surface area contributed by atoms with E-state index in [0.717, 1.165) is 19.4 Å². The molecule has 0 aliphatic rings. The number of nitrogens with zero attached hydrogens (tertiary/aromatic N) is 2. The minimum absolute atomic E-state index is 0.102. The van der Waals surface area contributed by atoms with E-state index < -0.39 is 4.92 Å². The second kappa shape index (κ2) is 8.94. The van der Waals surface area contributed by atoms with Gasteiger partial charge in [0.25, 0.3) is 5.69 Å². The van der Waals surface area contributed by atoms with Crippen molar-refractivity contribution in [1.29, 1.82) is 0 Å². The van der Waals surface area contributed by atoms with E-state index in [0.29, 0.717) is 0 Å². The fourth-order valence-corrected chi connectivity index (χ4v) is 2.55. The van der Waals surface area contributed by atoms with Gasteiger partial charge in [-0.3, -0.25) is 19.8 Å². The number of para-hydroxylation sites is 2. The number of hydrogen-bond donors (Lipinski definition) is 1. The molecule has 0 saturated carbocycles. The first-order valence-electron chi connectivity index (χ1n) is 8.27. The van der Waals surface area contributed by atoms with Gasteiger partial charge in [0.1, 0.15) is 5.69 Å². The third-order valence-electron chi connectivity index (χ3n) is 4.22. The first kappa shape index (κ1) is 18.6. The number of hydrogen-bond acceptors (Lipinski definition) is 4. The minimum Gasteiger partial charge on any atom is -0.319 e. The van der Waals surface area contributed by atoms with Crippen LogP contribution in [0.15, 0.2) is 54.6 Å². The average molecular weight is 341 g/mol. The van der Waals surface area contributed by atoms with Crippen LogP contribution in [-0.4, -0.2) is 35.4 Å². The van der Waals surface area contributed by atoms with Gasteiger partial charge in [0, 0.05) is 6.07 Å². The number of rotatable bonds is 8. The van der Waals surface area contributed by atoms with Gasteiger partial charge in [0.15, 0.2) is 0 Å². The first-order chi connectivity index (χ1) is 12.0. The molecule has 0 unspecified atom stereocenters. The van der Waals surface area contributed by atoms with Crippen molar-refractivity contribution in [3.8, 4) is 0 Å². The van der Waals surface area contributed by atoms with E-state index >= 15 is 0 Å². The lowest BCUT2D eigenvalue weighted by molar-refractivity contribution is -0.383. The van der Waals surface area contributed by atoms with Crippen molar-refractivity contribution in [2.24, 2.45) is 0 Å². The fourth-order valence-electron chi connectivity index (χ4n) is 2.55. The normalized spacial score (nSPS) is 12.0. The number of anilines is 1. The molecule has 0 radical (unpaired) electrons. The van der Waals surface area contributed by atoms with Gasteiger partial charge in [-0.15, -0.1) is 0 Å². The van der Waals surface area contributed by atoms with Gasteiger partial charge in [0.05, 0.1) is 11.0 Å². The Balaban J connectivity index is 1.87. The van der Waals surface area contributed by atoms with Crippen LogP contribution in [-0.2, 0) is 11.2 Å². The smallest absolute Gasteiger partial charge is 0.292 e. The van der Waals surface area contributed by atoms with Crippen LogP contribution in [0.3, 0.4) is 0 Å². The zero-order chi connectivity index (χ0) is 18.2. The van der Waals surface area contributed by atoms with Crippen molar-refractivity contribution in [1.82, 2.24) is 4.90 Å². The summed E-state index contributed by atoms with van der Waals surface area (Å²) in [7, 11) is 1.88. The van der Waals surface area contributed by atoms with Crippen LogP contribution in [0.1, 0.15) is 18.9 Å². The highest BCUT2D eigenvalue weighted by Gasteiger charge is 2.21. The third-order valence-corrected chi connectivity index (χ3v) is 4.22. The van der Waals surface area contributed by atoms with Crippen molar-refractivity contribution >= 4 is 17.3 Å². The molecule has 0 spiro atoms. The molecular weight excluding hydrogens is 318 g/mol. The number of amides is 1. The van der Waals surface area contributed by atoms with Gasteiger partial charge >= 0.3 is 0 Å². The number of aryl methyl sites for hydroxylation is 1. The molecule has 2 aromatic rings. The summed E-state index contributed by atoms with van der Waals surface area (Å²) in [5.74, 6) is -0.253. The van der Waals surface area contributed by atoms with Crippen molar-refractivity contribution < 1.29 is 9.72 Å². The molecule has 132 valence electrons. The number of nitro benzene ring substituents is 1. The SMILES string of the molecule is C[C@H](C(=O)Nc1ccccc1[N+](=O)[O-])N(C)CCCc1ccccc1. The van der Waals surface area contributed by atoms with Crippen LogP contribution in [0, 0.1) is 10.1 Å². The van der Waals surface area contributed by atoms with Crippen LogP contribution >= 0.6 is 0 Å². The number of nitro groups is 1. The molecule has 0 aliphatic heterocycles. The maximum Gasteiger partial charge on any atom is 0.292 e. The van der Waals surface area contributed by atoms with E-state index in [2.05, 4.69) is 17.4 Å². The Morgan fingerprint density at radius 1 is 1.16 bits per heavy atom. The summed E-state index contributed by atoms with van der Waals surface area (Å²) < 4.78 is 0. The summed E-state index contributed by atoms with van der Waals surface area (Å²) in [5.41, 5.74) is 1.39. The van der Waals surface area contributed by atoms with Crippen molar-refractivity contribution in [3.63, 3.8) is 0 Å². The Morgan fingerprint density at radius 2 is 1.80 bits per heavy atom. The van der Waals surface area contributed by atoms with Gasteiger partial charge in [-0.1, -0.05) is 42.5 Å². The topological polar surface area (TPSA) is 75.5 Å². The Labute approximate surface area is 147 Å². The summed E-state index contributed by atoms with van der Waals surface area (Å²) in [6.07, 6.45) is 1.88. The van der Waals surface area contributed by atoms with E-state index in [1.54, 1.807) is 19.1 Å². The van der Waals surface area contributed by atoms with E-state index in [1.807, 2.05) is 30.1 Å². The summed E-state index contributed by atoms with van der Waals surface area (Å²) in [5, 5.41) is 13.7.